The third-order valence-corrected chi connectivity index (χ3v) is 6.66. The van der Waals surface area contributed by atoms with Crippen molar-refractivity contribution in [1.82, 2.24) is 4.57 Å². The number of allylic oxidation sites excluding steroid dienone is 1. The number of benzene rings is 2. The van der Waals surface area contributed by atoms with Crippen molar-refractivity contribution in [3.63, 3.8) is 0 Å². The van der Waals surface area contributed by atoms with Crippen LogP contribution in [-0.4, -0.2) is 31.4 Å². The van der Waals surface area contributed by atoms with E-state index in [9.17, 15) is 9.59 Å². The van der Waals surface area contributed by atoms with Gasteiger partial charge >= 0.3 is 5.97 Å². The monoisotopic (exact) mass is 498 g/mol. The Morgan fingerprint density at radius 2 is 1.91 bits per heavy atom. The van der Waals surface area contributed by atoms with Crippen LogP contribution in [0.4, 0.5) is 0 Å². The van der Waals surface area contributed by atoms with Crippen molar-refractivity contribution in [3.05, 3.63) is 89.6 Å². The molecule has 0 saturated carbocycles. The maximum Gasteiger partial charge on any atom is 0.338 e. The predicted molar refractivity (Wildman–Crippen MR) is 131 cm³/mol. The minimum absolute atomic E-state index is 0.211. The number of rotatable bonds is 6. The van der Waals surface area contributed by atoms with Crippen LogP contribution in [-0.2, 0) is 9.53 Å². The first-order valence-electron chi connectivity index (χ1n) is 10.6. The summed E-state index contributed by atoms with van der Waals surface area (Å²) < 4.78 is 18.2. The molecule has 2 heterocycles. The van der Waals surface area contributed by atoms with E-state index in [1.807, 2.05) is 12.1 Å². The van der Waals surface area contributed by atoms with Gasteiger partial charge in [0.15, 0.2) is 16.3 Å². The summed E-state index contributed by atoms with van der Waals surface area (Å²) in [6.45, 7) is 3.70. The Kier molecular flexibility index (Phi) is 6.90. The first-order valence-corrected chi connectivity index (χ1v) is 11.7. The number of thiazole rings is 1. The van der Waals surface area contributed by atoms with Gasteiger partial charge in [-0.25, -0.2) is 9.79 Å². The van der Waals surface area contributed by atoms with Crippen molar-refractivity contribution in [2.24, 2.45) is 4.99 Å². The van der Waals surface area contributed by atoms with Crippen LogP contribution in [0.2, 0.25) is 5.02 Å². The van der Waals surface area contributed by atoms with E-state index in [0.29, 0.717) is 42.7 Å². The number of esters is 1. The van der Waals surface area contributed by atoms with E-state index in [1.54, 1.807) is 64.5 Å². The van der Waals surface area contributed by atoms with Gasteiger partial charge in [0.25, 0.3) is 5.56 Å². The molecular weight excluding hydrogens is 476 g/mol. The molecule has 0 fully saturated rings. The normalized spacial score (nSPS) is 15.6. The molecule has 1 unspecified atom stereocenters. The molecule has 3 aromatic rings. The van der Waals surface area contributed by atoms with Crippen LogP contribution in [0.25, 0.3) is 6.08 Å². The van der Waals surface area contributed by atoms with Crippen molar-refractivity contribution in [3.8, 4) is 11.5 Å². The largest absolute Gasteiger partial charge is 0.493 e. The van der Waals surface area contributed by atoms with Gasteiger partial charge in [-0.3, -0.25) is 9.36 Å². The number of fused-ring (bicyclic) bond motifs is 1. The van der Waals surface area contributed by atoms with E-state index < -0.39 is 12.0 Å². The Morgan fingerprint density at radius 3 is 2.56 bits per heavy atom. The lowest BCUT2D eigenvalue weighted by Gasteiger charge is -2.24. The Hall–Kier alpha value is -3.36. The van der Waals surface area contributed by atoms with E-state index >= 15 is 0 Å². The number of carbonyl (C=O) groups is 1. The van der Waals surface area contributed by atoms with E-state index in [0.717, 1.165) is 5.56 Å². The lowest BCUT2D eigenvalue weighted by atomic mass is 9.96. The summed E-state index contributed by atoms with van der Waals surface area (Å²) in [5, 5.41) is 0.555. The highest BCUT2D eigenvalue weighted by molar-refractivity contribution is 7.07. The van der Waals surface area contributed by atoms with Gasteiger partial charge in [-0.05, 0) is 43.7 Å². The van der Waals surface area contributed by atoms with Crippen LogP contribution in [0.15, 0.2) is 63.5 Å². The summed E-state index contributed by atoms with van der Waals surface area (Å²) in [6, 6.07) is 11.8. The highest BCUT2D eigenvalue weighted by Gasteiger charge is 2.33. The zero-order valence-corrected chi connectivity index (χ0v) is 20.7. The van der Waals surface area contributed by atoms with Gasteiger partial charge in [0.1, 0.15) is 0 Å². The van der Waals surface area contributed by atoms with Gasteiger partial charge in [-0.15, -0.1) is 0 Å². The molecule has 1 aromatic heterocycles. The maximum atomic E-state index is 13.7. The number of methoxy groups -OCH3 is 2. The first kappa shape index (κ1) is 23.8. The van der Waals surface area contributed by atoms with E-state index in [4.69, 9.17) is 25.8 Å². The number of halogens is 1. The molecule has 0 aliphatic carbocycles. The zero-order chi connectivity index (χ0) is 24.4. The molecule has 7 nitrogen and oxygen atoms in total. The molecule has 0 radical (unpaired) electrons. The Morgan fingerprint density at radius 1 is 1.18 bits per heavy atom. The minimum Gasteiger partial charge on any atom is -0.493 e. The number of hydrogen-bond donors (Lipinski definition) is 0. The molecule has 9 heteroatoms. The van der Waals surface area contributed by atoms with Crippen LogP contribution < -0.4 is 24.4 Å². The molecule has 176 valence electrons. The molecule has 0 amide bonds. The van der Waals surface area contributed by atoms with Gasteiger partial charge in [-0.2, -0.15) is 0 Å². The highest BCUT2D eigenvalue weighted by Crippen LogP contribution is 2.32. The fourth-order valence-corrected chi connectivity index (χ4v) is 5.08. The fourth-order valence-electron chi connectivity index (χ4n) is 3.92. The lowest BCUT2D eigenvalue weighted by molar-refractivity contribution is -0.139. The molecule has 4 rings (SSSR count). The predicted octanol–water partition coefficient (Wildman–Crippen LogP) is 3.47. The molecule has 0 spiro atoms. The van der Waals surface area contributed by atoms with Crippen LogP contribution in [0.5, 0.6) is 11.5 Å². The summed E-state index contributed by atoms with van der Waals surface area (Å²) in [4.78, 5) is 31.7. The van der Waals surface area contributed by atoms with Gasteiger partial charge in [0, 0.05) is 10.6 Å². The molecule has 0 saturated heterocycles. The molecule has 1 aliphatic rings. The number of aromatic nitrogens is 1. The average Bonchev–Trinajstić information content (AvgIpc) is 3.13. The summed E-state index contributed by atoms with van der Waals surface area (Å²) in [5.74, 6) is 0.574. The van der Waals surface area contributed by atoms with Crippen LogP contribution >= 0.6 is 22.9 Å². The maximum absolute atomic E-state index is 13.7. The summed E-state index contributed by atoms with van der Waals surface area (Å²) in [7, 11) is 3.10. The van der Waals surface area contributed by atoms with Crippen LogP contribution in [0.3, 0.4) is 0 Å². The molecule has 1 atom stereocenters. The summed E-state index contributed by atoms with van der Waals surface area (Å²) >= 11 is 7.33. The Labute approximate surface area is 205 Å². The van der Waals surface area contributed by atoms with Crippen molar-refractivity contribution >= 4 is 35.0 Å². The van der Waals surface area contributed by atoms with Gasteiger partial charge in [0.2, 0.25) is 0 Å². The number of carbonyl (C=O) groups excluding carboxylic acids is 1. The minimum atomic E-state index is -0.693. The molecule has 1 aliphatic heterocycles. The van der Waals surface area contributed by atoms with Crippen LogP contribution in [0, 0.1) is 0 Å². The van der Waals surface area contributed by atoms with Crippen LogP contribution in [0.1, 0.15) is 31.0 Å². The van der Waals surface area contributed by atoms with Gasteiger partial charge in [-0.1, -0.05) is 47.2 Å². The van der Waals surface area contributed by atoms with Gasteiger partial charge in [0.05, 0.1) is 42.7 Å². The van der Waals surface area contributed by atoms with E-state index in [1.165, 1.54) is 15.9 Å². The fraction of sp³-hybridized carbons (Fsp3) is 0.240. The van der Waals surface area contributed by atoms with Gasteiger partial charge < -0.3 is 14.2 Å². The van der Waals surface area contributed by atoms with Crippen molar-refractivity contribution in [1.29, 1.82) is 0 Å². The molecule has 0 bridgehead atoms. The highest BCUT2D eigenvalue weighted by atomic mass is 35.5. The Bertz CT molecular complexity index is 1450. The first-order chi connectivity index (χ1) is 16.4. The molecule has 34 heavy (non-hydrogen) atoms. The number of nitrogens with zero attached hydrogens (tertiary/aromatic N) is 2. The summed E-state index contributed by atoms with van der Waals surface area (Å²) in [6.07, 6.45) is 1.74. The number of ether oxygens (including phenoxy) is 3. The number of para-hydroxylation sites is 1. The third-order valence-electron chi connectivity index (χ3n) is 5.42. The second-order valence-electron chi connectivity index (χ2n) is 7.44. The average molecular weight is 499 g/mol. The molecular formula is C25H23ClN2O5S. The smallest absolute Gasteiger partial charge is 0.338 e. The van der Waals surface area contributed by atoms with E-state index in [2.05, 4.69) is 4.99 Å². The second-order valence-corrected chi connectivity index (χ2v) is 8.88. The van der Waals surface area contributed by atoms with Crippen molar-refractivity contribution in [2.75, 3.05) is 20.8 Å². The zero-order valence-electron chi connectivity index (χ0n) is 19.1. The molecule has 2 aromatic carbocycles. The van der Waals surface area contributed by atoms with E-state index in [-0.39, 0.29) is 12.2 Å². The Balaban J connectivity index is 1.97. The summed E-state index contributed by atoms with van der Waals surface area (Å²) in [5.41, 5.74) is 1.97. The second kappa shape index (κ2) is 9.87. The SMILES string of the molecule is CCOC(=O)C1=C(C)N=c2s/c(=C/c3cccc(OC)c3OC)c(=O)n2C1c1ccc(Cl)cc1. The number of hydrogen-bond acceptors (Lipinski definition) is 7. The quantitative estimate of drug-likeness (QED) is 0.486. The van der Waals surface area contributed by atoms with Crippen molar-refractivity contribution in [2.45, 2.75) is 19.9 Å². The van der Waals surface area contributed by atoms with Crippen molar-refractivity contribution < 1.29 is 19.0 Å². The lowest BCUT2D eigenvalue weighted by Crippen LogP contribution is -2.39. The molecule has 0 N–H and O–H groups in total. The standard InChI is InChI=1S/C25H23ClN2O5S/c1-5-33-24(30)20-14(2)27-25-28(21(20)15-9-11-17(26)12-10-15)23(29)19(34-25)13-16-7-6-8-18(31-3)22(16)32-4/h6-13,21H,5H2,1-4H3/b19-13+. The topological polar surface area (TPSA) is 79.1 Å². The third kappa shape index (κ3) is 4.26.